The first kappa shape index (κ1) is 23.5. The monoisotopic (exact) mass is 420 g/mol. The average molecular weight is 421 g/mol. The fourth-order valence-corrected chi connectivity index (χ4v) is 2.97. The lowest BCUT2D eigenvalue weighted by Gasteiger charge is -2.24. The lowest BCUT2D eigenvalue weighted by atomic mass is 10.1. The van der Waals surface area contributed by atoms with Crippen molar-refractivity contribution in [1.82, 2.24) is 10.2 Å². The smallest absolute Gasteiger partial charge is 0.161 e. The van der Waals surface area contributed by atoms with E-state index in [1.807, 2.05) is 49.5 Å². The van der Waals surface area contributed by atoms with Crippen LogP contribution in [0.5, 0.6) is 11.5 Å². The average Bonchev–Trinajstić information content (AvgIpc) is 2.71. The zero-order valence-electron chi connectivity index (χ0n) is 17.8. The summed E-state index contributed by atoms with van der Waals surface area (Å²) in [6.45, 7) is 6.60. The molecule has 0 aliphatic heterocycles. The molecule has 2 N–H and O–H groups in total. The number of benzene rings is 2. The van der Waals surface area contributed by atoms with E-state index in [0.29, 0.717) is 24.1 Å². The molecule has 6 heteroatoms. The van der Waals surface area contributed by atoms with Gasteiger partial charge in [0.1, 0.15) is 12.7 Å². The van der Waals surface area contributed by atoms with Crippen LogP contribution >= 0.6 is 11.6 Å². The number of methoxy groups -OCH3 is 1. The van der Waals surface area contributed by atoms with Gasteiger partial charge in [0.2, 0.25) is 0 Å². The molecule has 0 radical (unpaired) electrons. The summed E-state index contributed by atoms with van der Waals surface area (Å²) >= 11 is 5.91. The minimum absolute atomic E-state index is 0.228. The van der Waals surface area contributed by atoms with E-state index >= 15 is 0 Å². The van der Waals surface area contributed by atoms with Gasteiger partial charge in [-0.3, -0.25) is 0 Å². The zero-order chi connectivity index (χ0) is 21.2. The molecule has 0 saturated heterocycles. The minimum Gasteiger partial charge on any atom is -0.493 e. The largest absolute Gasteiger partial charge is 0.493 e. The van der Waals surface area contributed by atoms with E-state index in [4.69, 9.17) is 21.1 Å². The van der Waals surface area contributed by atoms with E-state index in [2.05, 4.69) is 24.1 Å². The molecule has 0 fully saturated rings. The second kappa shape index (κ2) is 12.0. The molecule has 5 nitrogen and oxygen atoms in total. The number of aliphatic hydroxyl groups is 1. The Balaban J connectivity index is 1.80. The Kier molecular flexibility index (Phi) is 9.74. The highest BCUT2D eigenvalue weighted by Gasteiger charge is 2.13. The molecule has 29 heavy (non-hydrogen) atoms. The quantitative estimate of drug-likeness (QED) is 0.512. The van der Waals surface area contributed by atoms with Crippen molar-refractivity contribution in [2.24, 2.45) is 0 Å². The van der Waals surface area contributed by atoms with E-state index < -0.39 is 6.10 Å². The lowest BCUT2D eigenvalue weighted by molar-refractivity contribution is 0.0668. The van der Waals surface area contributed by atoms with E-state index in [0.717, 1.165) is 30.1 Å². The standard InChI is InChI=1S/C23H33ClN2O3/c1-17(2)26(3)15-21(27)16-29-22-10-7-19(13-23(22)28-4)14-25-12-11-18-5-8-20(24)9-6-18/h5-10,13,17,21,25,27H,11-12,14-16H2,1-4H3. The highest BCUT2D eigenvalue weighted by atomic mass is 35.5. The Morgan fingerprint density at radius 2 is 1.76 bits per heavy atom. The molecule has 0 heterocycles. The van der Waals surface area contributed by atoms with Gasteiger partial charge in [-0.25, -0.2) is 0 Å². The number of hydrogen-bond acceptors (Lipinski definition) is 5. The summed E-state index contributed by atoms with van der Waals surface area (Å²) < 4.78 is 11.3. The summed E-state index contributed by atoms with van der Waals surface area (Å²) in [6.07, 6.45) is 0.388. The predicted octanol–water partition coefficient (Wildman–Crippen LogP) is 3.76. The summed E-state index contributed by atoms with van der Waals surface area (Å²) in [4.78, 5) is 2.09. The molecule has 0 saturated carbocycles. The number of nitrogens with zero attached hydrogens (tertiary/aromatic N) is 1. The van der Waals surface area contributed by atoms with Gasteiger partial charge >= 0.3 is 0 Å². The van der Waals surface area contributed by atoms with Gasteiger partial charge in [0.15, 0.2) is 11.5 Å². The molecule has 1 unspecified atom stereocenters. The van der Waals surface area contributed by atoms with Gasteiger partial charge in [0, 0.05) is 24.2 Å². The minimum atomic E-state index is -0.554. The number of likely N-dealkylation sites (N-methyl/N-ethyl adjacent to an activating group) is 1. The Morgan fingerprint density at radius 3 is 2.41 bits per heavy atom. The first-order valence-electron chi connectivity index (χ1n) is 10.0. The molecule has 0 aliphatic rings. The van der Waals surface area contributed by atoms with Gasteiger partial charge in [0.25, 0.3) is 0 Å². The van der Waals surface area contributed by atoms with E-state index in [1.165, 1.54) is 5.56 Å². The van der Waals surface area contributed by atoms with Crippen LogP contribution in [0.2, 0.25) is 5.02 Å². The molecule has 0 amide bonds. The first-order chi connectivity index (χ1) is 13.9. The third-order valence-electron chi connectivity index (χ3n) is 4.87. The Labute approximate surface area is 179 Å². The van der Waals surface area contributed by atoms with Gasteiger partial charge < -0.3 is 24.8 Å². The fourth-order valence-electron chi connectivity index (χ4n) is 2.84. The molecular weight excluding hydrogens is 388 g/mol. The van der Waals surface area contributed by atoms with Crippen molar-refractivity contribution in [3.05, 3.63) is 58.6 Å². The van der Waals surface area contributed by atoms with Crippen molar-refractivity contribution in [2.45, 2.75) is 39.0 Å². The predicted molar refractivity (Wildman–Crippen MR) is 119 cm³/mol. The summed E-state index contributed by atoms with van der Waals surface area (Å²) in [7, 11) is 3.62. The Bertz CT molecular complexity index is 737. The highest BCUT2D eigenvalue weighted by molar-refractivity contribution is 6.30. The van der Waals surface area contributed by atoms with Crippen molar-refractivity contribution in [3.8, 4) is 11.5 Å². The molecule has 1 atom stereocenters. The summed E-state index contributed by atoms with van der Waals surface area (Å²) in [5.41, 5.74) is 2.37. The van der Waals surface area contributed by atoms with Crippen LogP contribution in [-0.2, 0) is 13.0 Å². The van der Waals surface area contributed by atoms with Crippen LogP contribution in [0.15, 0.2) is 42.5 Å². The second-order valence-corrected chi connectivity index (χ2v) is 7.97. The number of hydrogen-bond donors (Lipinski definition) is 2. The summed E-state index contributed by atoms with van der Waals surface area (Å²) in [6, 6.07) is 14.2. The molecule has 2 aromatic carbocycles. The molecule has 0 spiro atoms. The number of ether oxygens (including phenoxy) is 2. The van der Waals surface area contributed by atoms with Crippen LogP contribution in [0.1, 0.15) is 25.0 Å². The molecule has 2 aromatic rings. The maximum absolute atomic E-state index is 10.2. The van der Waals surface area contributed by atoms with Gasteiger partial charge in [-0.05, 0) is 69.3 Å². The third kappa shape index (κ3) is 8.23. The van der Waals surface area contributed by atoms with Gasteiger partial charge in [-0.2, -0.15) is 0 Å². The van der Waals surface area contributed by atoms with Crippen molar-refractivity contribution in [3.63, 3.8) is 0 Å². The normalized spacial score (nSPS) is 12.4. The molecular formula is C23H33ClN2O3. The van der Waals surface area contributed by atoms with E-state index in [9.17, 15) is 5.11 Å². The molecule has 0 aliphatic carbocycles. The van der Waals surface area contributed by atoms with Crippen LogP contribution in [0.25, 0.3) is 0 Å². The van der Waals surface area contributed by atoms with Crippen molar-refractivity contribution in [2.75, 3.05) is 33.9 Å². The third-order valence-corrected chi connectivity index (χ3v) is 5.12. The van der Waals surface area contributed by atoms with Crippen molar-refractivity contribution < 1.29 is 14.6 Å². The lowest BCUT2D eigenvalue weighted by Crippen LogP contribution is -2.36. The maximum atomic E-state index is 10.2. The van der Waals surface area contributed by atoms with Crippen molar-refractivity contribution in [1.29, 1.82) is 0 Å². The molecule has 0 aromatic heterocycles. The SMILES string of the molecule is COc1cc(CNCCc2ccc(Cl)cc2)ccc1OCC(O)CN(C)C(C)C. The number of nitrogens with one attached hydrogen (secondary N) is 1. The second-order valence-electron chi connectivity index (χ2n) is 7.54. The summed E-state index contributed by atoms with van der Waals surface area (Å²) in [5.74, 6) is 1.31. The van der Waals surface area contributed by atoms with Crippen LogP contribution in [-0.4, -0.2) is 56.0 Å². The molecule has 2 rings (SSSR count). The maximum Gasteiger partial charge on any atom is 0.161 e. The molecule has 0 bridgehead atoms. The number of aliphatic hydroxyl groups excluding tert-OH is 1. The van der Waals surface area contributed by atoms with E-state index in [-0.39, 0.29) is 6.61 Å². The van der Waals surface area contributed by atoms with E-state index in [1.54, 1.807) is 7.11 Å². The van der Waals surface area contributed by atoms with Crippen LogP contribution < -0.4 is 14.8 Å². The van der Waals surface area contributed by atoms with Crippen LogP contribution in [0.3, 0.4) is 0 Å². The highest BCUT2D eigenvalue weighted by Crippen LogP contribution is 2.28. The Morgan fingerprint density at radius 1 is 1.07 bits per heavy atom. The number of halogens is 1. The van der Waals surface area contributed by atoms with Gasteiger partial charge in [-0.1, -0.05) is 29.8 Å². The number of rotatable bonds is 12. The fraction of sp³-hybridized carbons (Fsp3) is 0.478. The first-order valence-corrected chi connectivity index (χ1v) is 10.4. The molecule has 160 valence electrons. The Hall–Kier alpha value is -1.79. The zero-order valence-corrected chi connectivity index (χ0v) is 18.6. The van der Waals surface area contributed by atoms with Crippen LogP contribution in [0, 0.1) is 0 Å². The van der Waals surface area contributed by atoms with Gasteiger partial charge in [-0.15, -0.1) is 0 Å². The topological polar surface area (TPSA) is 54.0 Å². The van der Waals surface area contributed by atoms with Crippen LogP contribution in [0.4, 0.5) is 0 Å². The summed E-state index contributed by atoms with van der Waals surface area (Å²) in [5, 5.41) is 14.4. The van der Waals surface area contributed by atoms with Crippen molar-refractivity contribution >= 4 is 11.6 Å². The van der Waals surface area contributed by atoms with Gasteiger partial charge in [0.05, 0.1) is 7.11 Å².